The number of hydrogen-bond donors (Lipinski definition) is 1. The van der Waals surface area contributed by atoms with Crippen LogP contribution in [0.3, 0.4) is 0 Å². The fraction of sp³-hybridized carbons (Fsp3) is 0.308. The van der Waals surface area contributed by atoms with E-state index in [9.17, 15) is 4.79 Å². The molecule has 7 heteroatoms. The van der Waals surface area contributed by atoms with E-state index < -0.39 is 0 Å². The molecule has 0 aliphatic carbocycles. The summed E-state index contributed by atoms with van der Waals surface area (Å²) >= 11 is 8.45. The second kappa shape index (κ2) is 7.01. The Balaban J connectivity index is 2.06. The molecule has 0 atom stereocenters. The Labute approximate surface area is 131 Å². The third kappa shape index (κ3) is 4.16. The Bertz CT molecular complexity index is 663. The molecule has 106 valence electrons. The predicted molar refractivity (Wildman–Crippen MR) is 86.4 cm³/mol. The van der Waals surface area contributed by atoms with Crippen LogP contribution in [0.1, 0.15) is 12.5 Å². The van der Waals surface area contributed by atoms with Gasteiger partial charge in [-0.05, 0) is 36.8 Å². The quantitative estimate of drug-likeness (QED) is 0.521. The number of thioether (sulfide) groups is 1. The van der Waals surface area contributed by atoms with E-state index in [1.807, 2.05) is 25.1 Å². The van der Waals surface area contributed by atoms with Crippen molar-refractivity contribution in [3.8, 4) is 5.69 Å². The van der Waals surface area contributed by atoms with Gasteiger partial charge in [0.2, 0.25) is 5.91 Å². The molecule has 0 saturated heterocycles. The van der Waals surface area contributed by atoms with Gasteiger partial charge in [-0.25, -0.2) is 4.68 Å². The fourth-order valence-corrected chi connectivity index (χ4v) is 3.89. The Kier molecular flexibility index (Phi) is 5.33. The summed E-state index contributed by atoms with van der Waals surface area (Å²) in [6.07, 6.45) is 0. The minimum absolute atomic E-state index is 0.0106. The van der Waals surface area contributed by atoms with Crippen LogP contribution in [0.2, 0.25) is 0 Å². The third-order valence-corrected chi connectivity index (χ3v) is 4.84. The summed E-state index contributed by atoms with van der Waals surface area (Å²) < 4.78 is 3.44. The molecule has 1 aromatic carbocycles. The zero-order chi connectivity index (χ0) is 14.5. The lowest BCUT2D eigenvalue weighted by molar-refractivity contribution is -0.118. The lowest BCUT2D eigenvalue weighted by Crippen LogP contribution is -2.22. The second-order valence-corrected chi connectivity index (χ2v) is 7.18. The molecule has 2 rings (SSSR count). The van der Waals surface area contributed by atoms with Crippen LogP contribution in [0.25, 0.3) is 5.69 Å². The van der Waals surface area contributed by atoms with Gasteiger partial charge in [-0.1, -0.05) is 35.2 Å². The van der Waals surface area contributed by atoms with Gasteiger partial charge in [-0.15, -0.1) is 5.10 Å². The summed E-state index contributed by atoms with van der Waals surface area (Å²) in [5.41, 5.74) is 2.16. The molecule has 0 bridgehead atoms. The third-order valence-electron chi connectivity index (χ3n) is 2.48. The van der Waals surface area contributed by atoms with Crippen LogP contribution in [0.15, 0.2) is 28.6 Å². The van der Waals surface area contributed by atoms with Gasteiger partial charge in [0, 0.05) is 19.2 Å². The van der Waals surface area contributed by atoms with Gasteiger partial charge < -0.3 is 5.32 Å². The maximum Gasteiger partial charge on any atom is 0.216 e. The van der Waals surface area contributed by atoms with Crippen LogP contribution < -0.4 is 5.32 Å². The SMILES string of the molecule is CC(=O)NCCSc1nn(-c2cccc(C)c2)c(=S)s1. The number of amides is 1. The molecule has 0 unspecified atom stereocenters. The van der Waals surface area contributed by atoms with Crippen LogP contribution in [-0.4, -0.2) is 28.0 Å². The number of nitrogens with zero attached hydrogens (tertiary/aromatic N) is 2. The summed E-state index contributed by atoms with van der Waals surface area (Å²) in [4.78, 5) is 10.8. The standard InChI is InChI=1S/C13H15N3OS3/c1-9-4-3-5-11(8-9)16-13(18)20-12(15-16)19-7-6-14-10(2)17/h3-5,8H,6-7H2,1-2H3,(H,14,17). The molecular formula is C13H15N3OS3. The lowest BCUT2D eigenvalue weighted by atomic mass is 10.2. The molecule has 1 N–H and O–H groups in total. The number of aromatic nitrogens is 2. The zero-order valence-corrected chi connectivity index (χ0v) is 13.7. The van der Waals surface area contributed by atoms with Crippen molar-refractivity contribution in [3.63, 3.8) is 0 Å². The monoisotopic (exact) mass is 325 g/mol. The first-order valence-corrected chi connectivity index (χ1v) is 8.32. The van der Waals surface area contributed by atoms with E-state index in [-0.39, 0.29) is 5.91 Å². The summed E-state index contributed by atoms with van der Waals surface area (Å²) in [7, 11) is 0. The Morgan fingerprint density at radius 3 is 3.05 bits per heavy atom. The van der Waals surface area contributed by atoms with E-state index in [0.717, 1.165) is 19.7 Å². The van der Waals surface area contributed by atoms with Gasteiger partial charge >= 0.3 is 0 Å². The van der Waals surface area contributed by atoms with Gasteiger partial charge in [0.25, 0.3) is 0 Å². The van der Waals surface area contributed by atoms with E-state index in [0.29, 0.717) is 6.54 Å². The smallest absolute Gasteiger partial charge is 0.216 e. The number of hydrogen-bond acceptors (Lipinski definition) is 5. The number of benzene rings is 1. The maximum atomic E-state index is 10.8. The van der Waals surface area contributed by atoms with Crippen LogP contribution >= 0.6 is 35.3 Å². The Morgan fingerprint density at radius 1 is 1.55 bits per heavy atom. The van der Waals surface area contributed by atoms with E-state index >= 15 is 0 Å². The summed E-state index contributed by atoms with van der Waals surface area (Å²) in [6, 6.07) is 8.09. The van der Waals surface area contributed by atoms with Crippen molar-refractivity contribution in [2.75, 3.05) is 12.3 Å². The van der Waals surface area contributed by atoms with Crippen molar-refractivity contribution in [2.45, 2.75) is 18.2 Å². The fourth-order valence-electron chi connectivity index (χ4n) is 1.61. The van der Waals surface area contributed by atoms with E-state index in [1.165, 1.54) is 23.8 Å². The first-order valence-electron chi connectivity index (χ1n) is 6.11. The molecule has 1 aromatic heterocycles. The highest BCUT2D eigenvalue weighted by Gasteiger charge is 2.06. The second-order valence-electron chi connectivity index (χ2n) is 4.22. The van der Waals surface area contributed by atoms with Crippen LogP contribution in [0.4, 0.5) is 0 Å². The molecule has 0 fully saturated rings. The van der Waals surface area contributed by atoms with Crippen LogP contribution in [0.5, 0.6) is 0 Å². The number of aryl methyl sites for hydroxylation is 1. The minimum Gasteiger partial charge on any atom is -0.356 e. The number of carbonyl (C=O) groups is 1. The van der Waals surface area contributed by atoms with Gasteiger partial charge in [0.15, 0.2) is 8.29 Å². The Hall–Kier alpha value is -1.18. The van der Waals surface area contributed by atoms with Gasteiger partial charge in [0.1, 0.15) is 0 Å². The van der Waals surface area contributed by atoms with Crippen molar-refractivity contribution in [3.05, 3.63) is 33.8 Å². The highest BCUT2D eigenvalue weighted by molar-refractivity contribution is 8.01. The molecule has 0 aliphatic heterocycles. The summed E-state index contributed by atoms with van der Waals surface area (Å²) in [6.45, 7) is 4.19. The molecule has 1 heterocycles. The van der Waals surface area contributed by atoms with Crippen molar-refractivity contribution >= 4 is 41.2 Å². The van der Waals surface area contributed by atoms with Crippen molar-refractivity contribution in [1.82, 2.24) is 15.1 Å². The minimum atomic E-state index is -0.0106. The van der Waals surface area contributed by atoms with E-state index in [2.05, 4.69) is 16.5 Å². The number of rotatable bonds is 5. The number of nitrogens with one attached hydrogen (secondary N) is 1. The molecule has 2 aromatic rings. The van der Waals surface area contributed by atoms with Crippen molar-refractivity contribution in [2.24, 2.45) is 0 Å². The van der Waals surface area contributed by atoms with Gasteiger partial charge in [-0.2, -0.15) is 0 Å². The normalized spacial score (nSPS) is 10.5. The summed E-state index contributed by atoms with van der Waals surface area (Å²) in [5, 5.41) is 7.28. The average Bonchev–Trinajstić information content (AvgIpc) is 2.76. The summed E-state index contributed by atoms with van der Waals surface area (Å²) in [5.74, 6) is 0.777. The van der Waals surface area contributed by atoms with Gasteiger partial charge in [0.05, 0.1) is 5.69 Å². The van der Waals surface area contributed by atoms with Crippen LogP contribution in [0, 0.1) is 10.9 Å². The molecule has 0 saturated carbocycles. The van der Waals surface area contributed by atoms with Crippen LogP contribution in [-0.2, 0) is 4.79 Å². The van der Waals surface area contributed by atoms with Crippen molar-refractivity contribution < 1.29 is 4.79 Å². The van der Waals surface area contributed by atoms with Crippen molar-refractivity contribution in [1.29, 1.82) is 0 Å². The first kappa shape index (κ1) is 15.2. The highest BCUT2D eigenvalue weighted by atomic mass is 32.2. The van der Waals surface area contributed by atoms with E-state index in [1.54, 1.807) is 16.4 Å². The highest BCUT2D eigenvalue weighted by Crippen LogP contribution is 2.23. The first-order chi connectivity index (χ1) is 9.56. The molecule has 0 aliphatic rings. The predicted octanol–water partition coefficient (Wildman–Crippen LogP) is 3.20. The maximum absolute atomic E-state index is 10.8. The molecule has 20 heavy (non-hydrogen) atoms. The largest absolute Gasteiger partial charge is 0.356 e. The molecule has 0 spiro atoms. The lowest BCUT2D eigenvalue weighted by Gasteiger charge is -2.01. The zero-order valence-electron chi connectivity index (χ0n) is 11.3. The van der Waals surface area contributed by atoms with Gasteiger partial charge in [-0.3, -0.25) is 4.79 Å². The van der Waals surface area contributed by atoms with E-state index in [4.69, 9.17) is 12.2 Å². The number of carbonyl (C=O) groups excluding carboxylic acids is 1. The topological polar surface area (TPSA) is 46.9 Å². The molecule has 4 nitrogen and oxygen atoms in total. The Morgan fingerprint density at radius 2 is 2.35 bits per heavy atom. The average molecular weight is 325 g/mol. The molecular weight excluding hydrogens is 310 g/mol. The molecule has 0 radical (unpaired) electrons. The molecule has 1 amide bonds.